The maximum atomic E-state index is 12.3. The average Bonchev–Trinajstić information content (AvgIpc) is 2.60. The Morgan fingerprint density at radius 1 is 0.958 bits per heavy atom. The van der Waals surface area contributed by atoms with E-state index in [0.717, 1.165) is 18.4 Å². The average molecular weight is 328 g/mol. The quantitative estimate of drug-likeness (QED) is 0.619. The summed E-state index contributed by atoms with van der Waals surface area (Å²) < 4.78 is 10.3. The van der Waals surface area contributed by atoms with Crippen LogP contribution in [0, 0.1) is 0 Å². The number of esters is 2. The number of benzene rings is 2. The molecular formula is C19H20O5. The highest BCUT2D eigenvalue weighted by atomic mass is 16.5. The van der Waals surface area contributed by atoms with Crippen LogP contribution in [-0.2, 0) is 16.1 Å². The Bertz CT molecular complexity index is 694. The number of phenols is 1. The first-order valence-electron chi connectivity index (χ1n) is 7.83. The number of aromatic hydroxyl groups is 1. The molecule has 1 N–H and O–H groups in total. The van der Waals surface area contributed by atoms with Gasteiger partial charge < -0.3 is 14.6 Å². The molecule has 0 aliphatic carbocycles. The second-order valence-electron chi connectivity index (χ2n) is 5.25. The van der Waals surface area contributed by atoms with Gasteiger partial charge in [-0.2, -0.15) is 0 Å². The van der Waals surface area contributed by atoms with E-state index in [-0.39, 0.29) is 30.1 Å². The summed E-state index contributed by atoms with van der Waals surface area (Å²) in [7, 11) is 0. The normalized spacial score (nSPS) is 10.2. The van der Waals surface area contributed by atoms with E-state index >= 15 is 0 Å². The smallest absolute Gasteiger partial charge is 0.343 e. The lowest BCUT2D eigenvalue weighted by molar-refractivity contribution is 0.0433. The van der Waals surface area contributed by atoms with Gasteiger partial charge in [-0.15, -0.1) is 0 Å². The Labute approximate surface area is 140 Å². The third-order valence-corrected chi connectivity index (χ3v) is 3.41. The van der Waals surface area contributed by atoms with Gasteiger partial charge in [-0.05, 0) is 24.1 Å². The molecule has 5 heteroatoms. The number of hydrogen-bond donors (Lipinski definition) is 1. The molecule has 2 aromatic rings. The van der Waals surface area contributed by atoms with Crippen LogP contribution in [0.5, 0.6) is 5.75 Å². The Kier molecular flexibility index (Phi) is 6.37. The first kappa shape index (κ1) is 17.5. The van der Waals surface area contributed by atoms with Gasteiger partial charge in [0.25, 0.3) is 0 Å². The molecule has 0 heterocycles. The SMILES string of the molecule is CCCCOC(=O)c1cccc(O)c1C(=O)OCc1ccccc1. The highest BCUT2D eigenvalue weighted by molar-refractivity contribution is 6.05. The van der Waals surface area contributed by atoms with E-state index in [4.69, 9.17) is 9.47 Å². The van der Waals surface area contributed by atoms with E-state index in [1.807, 2.05) is 37.3 Å². The van der Waals surface area contributed by atoms with Crippen molar-refractivity contribution in [1.29, 1.82) is 0 Å². The monoisotopic (exact) mass is 328 g/mol. The van der Waals surface area contributed by atoms with Crippen molar-refractivity contribution in [3.63, 3.8) is 0 Å². The van der Waals surface area contributed by atoms with Crippen LogP contribution >= 0.6 is 0 Å². The number of rotatable bonds is 7. The Hall–Kier alpha value is -2.82. The first-order chi connectivity index (χ1) is 11.6. The van der Waals surface area contributed by atoms with Gasteiger partial charge in [0.15, 0.2) is 0 Å². The standard InChI is InChI=1S/C19H20O5/c1-2-3-12-23-18(21)15-10-7-11-16(20)17(15)19(22)24-13-14-8-5-4-6-9-14/h4-11,20H,2-3,12-13H2,1H3. The number of carbonyl (C=O) groups excluding carboxylic acids is 2. The van der Waals surface area contributed by atoms with Crippen LogP contribution in [-0.4, -0.2) is 23.7 Å². The molecule has 0 bridgehead atoms. The molecule has 0 unspecified atom stereocenters. The fourth-order valence-corrected chi connectivity index (χ4v) is 2.11. The lowest BCUT2D eigenvalue weighted by Crippen LogP contribution is -2.14. The molecule has 24 heavy (non-hydrogen) atoms. The summed E-state index contributed by atoms with van der Waals surface area (Å²) in [4.78, 5) is 24.4. The van der Waals surface area contributed by atoms with Crippen molar-refractivity contribution >= 4 is 11.9 Å². The highest BCUT2D eigenvalue weighted by Crippen LogP contribution is 2.23. The third kappa shape index (κ3) is 4.59. The van der Waals surface area contributed by atoms with E-state index in [1.165, 1.54) is 18.2 Å². The number of hydrogen-bond acceptors (Lipinski definition) is 5. The van der Waals surface area contributed by atoms with Crippen molar-refractivity contribution in [2.45, 2.75) is 26.4 Å². The molecule has 2 rings (SSSR count). The predicted octanol–water partition coefficient (Wildman–Crippen LogP) is 3.71. The van der Waals surface area contributed by atoms with E-state index in [2.05, 4.69) is 0 Å². The lowest BCUT2D eigenvalue weighted by atomic mass is 10.1. The van der Waals surface area contributed by atoms with Crippen LogP contribution < -0.4 is 0 Å². The van der Waals surface area contributed by atoms with Crippen molar-refractivity contribution in [2.24, 2.45) is 0 Å². The molecule has 5 nitrogen and oxygen atoms in total. The van der Waals surface area contributed by atoms with Crippen LogP contribution in [0.4, 0.5) is 0 Å². The fraction of sp³-hybridized carbons (Fsp3) is 0.263. The van der Waals surface area contributed by atoms with Crippen LogP contribution in [0.1, 0.15) is 46.0 Å². The van der Waals surface area contributed by atoms with Gasteiger partial charge in [0.05, 0.1) is 12.2 Å². The molecule has 0 atom stereocenters. The lowest BCUT2D eigenvalue weighted by Gasteiger charge is -2.11. The molecule has 126 valence electrons. The minimum atomic E-state index is -0.764. The van der Waals surface area contributed by atoms with E-state index in [1.54, 1.807) is 0 Å². The molecule has 0 fully saturated rings. The number of carbonyl (C=O) groups is 2. The second kappa shape index (κ2) is 8.72. The van der Waals surface area contributed by atoms with Crippen LogP contribution in [0.3, 0.4) is 0 Å². The highest BCUT2D eigenvalue weighted by Gasteiger charge is 2.23. The van der Waals surface area contributed by atoms with Gasteiger partial charge in [-0.3, -0.25) is 0 Å². The zero-order valence-electron chi connectivity index (χ0n) is 13.5. The third-order valence-electron chi connectivity index (χ3n) is 3.41. The van der Waals surface area contributed by atoms with Gasteiger partial charge in [0.1, 0.15) is 17.9 Å². The number of phenolic OH excluding ortho intramolecular Hbond substituents is 1. The number of ether oxygens (including phenoxy) is 2. The van der Waals surface area contributed by atoms with Crippen molar-refractivity contribution in [3.8, 4) is 5.75 Å². The maximum Gasteiger partial charge on any atom is 0.343 e. The minimum Gasteiger partial charge on any atom is -0.507 e. The zero-order chi connectivity index (χ0) is 17.4. The Morgan fingerprint density at radius 2 is 1.71 bits per heavy atom. The molecule has 0 aliphatic rings. The molecule has 0 spiro atoms. The Balaban J connectivity index is 2.13. The summed E-state index contributed by atoms with van der Waals surface area (Å²) in [5.74, 6) is -1.72. The van der Waals surface area contributed by atoms with E-state index in [0.29, 0.717) is 0 Å². The molecule has 0 aliphatic heterocycles. The fourth-order valence-electron chi connectivity index (χ4n) is 2.11. The van der Waals surface area contributed by atoms with Crippen LogP contribution in [0.25, 0.3) is 0 Å². The summed E-state index contributed by atoms with van der Waals surface area (Å²) in [6.45, 7) is 2.30. The van der Waals surface area contributed by atoms with Crippen molar-refractivity contribution < 1.29 is 24.2 Å². The molecule has 0 aromatic heterocycles. The van der Waals surface area contributed by atoms with Crippen molar-refractivity contribution in [3.05, 3.63) is 65.2 Å². The summed E-state index contributed by atoms with van der Waals surface area (Å²) in [5, 5.41) is 9.97. The van der Waals surface area contributed by atoms with Crippen molar-refractivity contribution in [2.75, 3.05) is 6.61 Å². The van der Waals surface area contributed by atoms with Gasteiger partial charge in [-0.1, -0.05) is 49.7 Å². The van der Waals surface area contributed by atoms with Crippen molar-refractivity contribution in [1.82, 2.24) is 0 Å². The number of unbranched alkanes of at least 4 members (excludes halogenated alkanes) is 1. The molecule has 0 radical (unpaired) electrons. The van der Waals surface area contributed by atoms with Gasteiger partial charge in [-0.25, -0.2) is 9.59 Å². The van der Waals surface area contributed by atoms with Crippen LogP contribution in [0.2, 0.25) is 0 Å². The van der Waals surface area contributed by atoms with E-state index < -0.39 is 11.9 Å². The Morgan fingerprint density at radius 3 is 2.42 bits per heavy atom. The zero-order valence-corrected chi connectivity index (χ0v) is 13.5. The maximum absolute atomic E-state index is 12.3. The molecule has 0 saturated heterocycles. The molecular weight excluding hydrogens is 308 g/mol. The summed E-state index contributed by atoms with van der Waals surface area (Å²) in [6, 6.07) is 13.4. The van der Waals surface area contributed by atoms with Crippen LogP contribution in [0.15, 0.2) is 48.5 Å². The van der Waals surface area contributed by atoms with Gasteiger partial charge in [0.2, 0.25) is 0 Å². The summed E-state index contributed by atoms with van der Waals surface area (Å²) in [5.41, 5.74) is 0.646. The predicted molar refractivity (Wildman–Crippen MR) is 88.9 cm³/mol. The molecule has 0 saturated carbocycles. The first-order valence-corrected chi connectivity index (χ1v) is 7.83. The van der Waals surface area contributed by atoms with Gasteiger partial charge >= 0.3 is 11.9 Å². The second-order valence-corrected chi connectivity index (χ2v) is 5.25. The molecule has 2 aromatic carbocycles. The summed E-state index contributed by atoms with van der Waals surface area (Å²) >= 11 is 0. The topological polar surface area (TPSA) is 72.8 Å². The molecule has 0 amide bonds. The van der Waals surface area contributed by atoms with E-state index in [9.17, 15) is 14.7 Å². The van der Waals surface area contributed by atoms with Gasteiger partial charge in [0, 0.05) is 0 Å². The minimum absolute atomic E-state index is 0.00386. The largest absolute Gasteiger partial charge is 0.507 e. The summed E-state index contributed by atoms with van der Waals surface area (Å²) in [6.07, 6.45) is 1.62.